The number of carbonyl (C=O) groups excluding carboxylic acids is 1. The largest absolute Gasteiger partial charge is 0.331 e. The molecule has 0 unspecified atom stereocenters. The highest BCUT2D eigenvalue weighted by molar-refractivity contribution is 5.73. The average molecular weight is 414 g/mol. The minimum atomic E-state index is 0.147. The van der Waals surface area contributed by atoms with E-state index in [-0.39, 0.29) is 6.03 Å². The third-order valence-electron chi connectivity index (χ3n) is 10.9. The van der Waals surface area contributed by atoms with Gasteiger partial charge >= 0.3 is 6.03 Å². The van der Waals surface area contributed by atoms with Crippen LogP contribution in [-0.4, -0.2) is 67.5 Å². The summed E-state index contributed by atoms with van der Waals surface area (Å²) in [4.78, 5) is 18.9. The van der Waals surface area contributed by atoms with Crippen LogP contribution in [0.2, 0.25) is 0 Å². The topological polar surface area (TPSA) is 26.8 Å². The molecule has 1 saturated heterocycles. The maximum absolute atomic E-state index is 12.5. The number of fused-ring (bicyclic) bond motifs is 4. The van der Waals surface area contributed by atoms with Gasteiger partial charge in [0.2, 0.25) is 0 Å². The first-order valence-electron chi connectivity index (χ1n) is 12.5. The smallest absolute Gasteiger partial charge is 0.319 e. The molecule has 8 atom stereocenters. The molecule has 4 nitrogen and oxygen atoms in total. The van der Waals surface area contributed by atoms with Gasteiger partial charge in [0.05, 0.1) is 0 Å². The Morgan fingerprint density at radius 2 is 1.80 bits per heavy atom. The van der Waals surface area contributed by atoms with Gasteiger partial charge in [-0.3, -0.25) is 0 Å². The molecule has 168 valence electrons. The van der Waals surface area contributed by atoms with Crippen LogP contribution in [0.5, 0.6) is 0 Å². The molecule has 2 amide bonds. The highest BCUT2D eigenvalue weighted by Crippen LogP contribution is 2.68. The van der Waals surface area contributed by atoms with Crippen molar-refractivity contribution in [1.29, 1.82) is 0 Å². The number of urea groups is 1. The van der Waals surface area contributed by atoms with Crippen LogP contribution in [0.3, 0.4) is 0 Å². The van der Waals surface area contributed by atoms with Gasteiger partial charge < -0.3 is 14.7 Å². The molecule has 0 aromatic heterocycles. The number of likely N-dealkylation sites (tertiary alicyclic amines) is 1. The number of carbonyl (C=O) groups is 1. The minimum absolute atomic E-state index is 0.147. The van der Waals surface area contributed by atoms with Gasteiger partial charge in [0.15, 0.2) is 0 Å². The Bertz CT molecular complexity index is 747. The first kappa shape index (κ1) is 20.8. The highest BCUT2D eigenvalue weighted by atomic mass is 16.2. The fourth-order valence-electron chi connectivity index (χ4n) is 9.25. The Kier molecular flexibility index (Phi) is 4.85. The molecule has 5 rings (SSSR count). The molecule has 1 spiro atoms. The predicted octanol–water partition coefficient (Wildman–Crippen LogP) is 4.86. The average Bonchev–Trinajstić information content (AvgIpc) is 3.20. The van der Waals surface area contributed by atoms with Crippen LogP contribution in [-0.2, 0) is 0 Å². The third-order valence-corrected chi connectivity index (χ3v) is 10.9. The molecule has 4 aliphatic carbocycles. The Labute approximate surface area is 184 Å². The zero-order chi connectivity index (χ0) is 21.4. The van der Waals surface area contributed by atoms with Gasteiger partial charge in [0.1, 0.15) is 0 Å². The zero-order valence-electron chi connectivity index (χ0n) is 20.2. The standard InChI is InChI=1S/C26H43N3O/c1-17-21-9-10-23-20-8-7-18-15-19(29(6)24(30)27(3)4)11-13-25(18,2)22(20)12-14-26(21,23)16-28(17)5/h7,17,19-23H,8-16H2,1-6H3/t17-,19-,20+,21+,22-,23-,25-,26-/m0/s1. The summed E-state index contributed by atoms with van der Waals surface area (Å²) in [7, 11) is 8.10. The van der Waals surface area contributed by atoms with Gasteiger partial charge in [-0.05, 0) is 99.8 Å². The molecule has 0 aromatic carbocycles. The van der Waals surface area contributed by atoms with Crippen molar-refractivity contribution in [3.05, 3.63) is 11.6 Å². The van der Waals surface area contributed by atoms with Crippen molar-refractivity contribution in [1.82, 2.24) is 14.7 Å². The van der Waals surface area contributed by atoms with E-state index in [9.17, 15) is 4.79 Å². The van der Waals surface area contributed by atoms with E-state index in [1.807, 2.05) is 26.0 Å². The number of allylic oxidation sites excluding steroid dienone is 1. The van der Waals surface area contributed by atoms with E-state index in [1.165, 1.54) is 45.1 Å². The summed E-state index contributed by atoms with van der Waals surface area (Å²) < 4.78 is 0. The molecule has 1 aliphatic heterocycles. The summed E-state index contributed by atoms with van der Waals surface area (Å²) in [5, 5.41) is 0. The Morgan fingerprint density at radius 3 is 2.53 bits per heavy atom. The molecule has 0 radical (unpaired) electrons. The fraction of sp³-hybridized carbons (Fsp3) is 0.885. The normalized spacial score (nSPS) is 47.6. The maximum Gasteiger partial charge on any atom is 0.319 e. The first-order valence-corrected chi connectivity index (χ1v) is 12.5. The first-order chi connectivity index (χ1) is 14.2. The molecular weight excluding hydrogens is 370 g/mol. The van der Waals surface area contributed by atoms with Crippen molar-refractivity contribution in [3.63, 3.8) is 0 Å². The van der Waals surface area contributed by atoms with Gasteiger partial charge in [0, 0.05) is 39.8 Å². The molecule has 3 saturated carbocycles. The zero-order valence-corrected chi connectivity index (χ0v) is 20.2. The molecule has 5 aliphatic rings. The van der Waals surface area contributed by atoms with E-state index in [0.29, 0.717) is 16.9 Å². The number of rotatable bonds is 1. The van der Waals surface area contributed by atoms with Crippen molar-refractivity contribution in [2.24, 2.45) is 34.5 Å². The third kappa shape index (κ3) is 2.71. The summed E-state index contributed by atoms with van der Waals surface area (Å²) in [5.74, 6) is 3.64. The lowest BCUT2D eigenvalue weighted by atomic mass is 9.47. The second kappa shape index (κ2) is 6.98. The molecule has 4 heteroatoms. The van der Waals surface area contributed by atoms with Crippen LogP contribution in [0.4, 0.5) is 4.79 Å². The fourth-order valence-corrected chi connectivity index (χ4v) is 9.25. The number of amides is 2. The second-order valence-electron chi connectivity index (χ2n) is 12.1. The van der Waals surface area contributed by atoms with E-state index in [1.54, 1.807) is 10.5 Å². The minimum Gasteiger partial charge on any atom is -0.331 e. The Morgan fingerprint density at radius 1 is 1.07 bits per heavy atom. The van der Waals surface area contributed by atoms with Crippen molar-refractivity contribution in [3.8, 4) is 0 Å². The van der Waals surface area contributed by atoms with Crippen molar-refractivity contribution >= 4 is 6.03 Å². The molecule has 0 bridgehead atoms. The predicted molar refractivity (Wildman–Crippen MR) is 122 cm³/mol. The Hall–Kier alpha value is -1.03. The van der Waals surface area contributed by atoms with Crippen LogP contribution in [0, 0.1) is 34.5 Å². The van der Waals surface area contributed by atoms with Crippen LogP contribution in [0.1, 0.15) is 65.2 Å². The van der Waals surface area contributed by atoms with Crippen molar-refractivity contribution < 1.29 is 4.79 Å². The maximum atomic E-state index is 12.5. The second-order valence-corrected chi connectivity index (χ2v) is 12.1. The molecule has 0 aromatic rings. The number of hydrogen-bond donors (Lipinski definition) is 0. The van der Waals surface area contributed by atoms with E-state index >= 15 is 0 Å². The van der Waals surface area contributed by atoms with E-state index in [0.717, 1.165) is 42.6 Å². The summed E-state index contributed by atoms with van der Waals surface area (Å²) in [6.07, 6.45) is 13.3. The molecule has 0 N–H and O–H groups in total. The van der Waals surface area contributed by atoms with Crippen LogP contribution < -0.4 is 0 Å². The molecule has 30 heavy (non-hydrogen) atoms. The monoisotopic (exact) mass is 413 g/mol. The van der Waals surface area contributed by atoms with Gasteiger partial charge in [-0.15, -0.1) is 0 Å². The van der Waals surface area contributed by atoms with Crippen molar-refractivity contribution in [2.75, 3.05) is 34.7 Å². The summed E-state index contributed by atoms with van der Waals surface area (Å²) in [6.45, 7) is 6.42. The lowest BCUT2D eigenvalue weighted by Crippen LogP contribution is -2.53. The lowest BCUT2D eigenvalue weighted by Gasteiger charge is -2.58. The Balaban J connectivity index is 1.38. The lowest BCUT2D eigenvalue weighted by molar-refractivity contribution is -0.0428. The van der Waals surface area contributed by atoms with E-state index in [4.69, 9.17) is 0 Å². The van der Waals surface area contributed by atoms with Crippen LogP contribution >= 0.6 is 0 Å². The van der Waals surface area contributed by atoms with Gasteiger partial charge in [-0.25, -0.2) is 4.79 Å². The van der Waals surface area contributed by atoms with Crippen LogP contribution in [0.15, 0.2) is 11.6 Å². The van der Waals surface area contributed by atoms with Gasteiger partial charge in [-0.2, -0.15) is 0 Å². The van der Waals surface area contributed by atoms with Gasteiger partial charge in [0.25, 0.3) is 0 Å². The molecule has 4 fully saturated rings. The molecule has 1 heterocycles. The highest BCUT2D eigenvalue weighted by Gasteiger charge is 2.64. The summed E-state index contributed by atoms with van der Waals surface area (Å²) in [5.41, 5.74) is 2.67. The van der Waals surface area contributed by atoms with Crippen molar-refractivity contribution in [2.45, 2.75) is 77.3 Å². The summed E-state index contributed by atoms with van der Waals surface area (Å²) in [6, 6.07) is 1.29. The van der Waals surface area contributed by atoms with E-state index < -0.39 is 0 Å². The van der Waals surface area contributed by atoms with E-state index in [2.05, 4.69) is 31.9 Å². The number of hydrogen-bond acceptors (Lipinski definition) is 2. The SMILES string of the molecule is C[C@H]1[C@H]2CC[C@H]3[C@@H]4CC=C5C[C@@H](N(C)C(=O)N(C)C)CC[C@]5(C)[C@H]4CC[C@]23CN1C. The quantitative estimate of drug-likeness (QED) is 0.574. The van der Waals surface area contributed by atoms with Crippen LogP contribution in [0.25, 0.3) is 0 Å². The van der Waals surface area contributed by atoms with Gasteiger partial charge in [-0.1, -0.05) is 18.6 Å². The molecular formula is C26H43N3O. The number of nitrogens with zero attached hydrogens (tertiary/aromatic N) is 3. The summed E-state index contributed by atoms with van der Waals surface area (Å²) >= 11 is 0.